The van der Waals surface area contributed by atoms with Crippen molar-refractivity contribution in [2.24, 2.45) is 0 Å². The van der Waals surface area contributed by atoms with Crippen LogP contribution in [-0.2, 0) is 9.53 Å². The number of hydrogen-bond donors (Lipinski definition) is 1. The third-order valence-electron chi connectivity index (χ3n) is 2.39. The van der Waals surface area contributed by atoms with E-state index in [0.29, 0.717) is 26.2 Å². The van der Waals surface area contributed by atoms with Gasteiger partial charge in [-0.2, -0.15) is 0 Å². The Morgan fingerprint density at radius 3 is 2.62 bits per heavy atom. The molecule has 0 saturated carbocycles. The molecule has 2 bridgehead atoms. The summed E-state index contributed by atoms with van der Waals surface area (Å²) in [6.45, 7) is 2.08. The van der Waals surface area contributed by atoms with Gasteiger partial charge in [0.15, 0.2) is 0 Å². The molecule has 0 aliphatic carbocycles. The lowest BCUT2D eigenvalue weighted by Gasteiger charge is -2.40. The fraction of sp³-hybridized carbons (Fsp3) is 0.875. The first-order chi connectivity index (χ1) is 6.29. The number of amides is 1. The van der Waals surface area contributed by atoms with Gasteiger partial charge in [0.05, 0.1) is 12.2 Å². The Balaban J connectivity index is 1.97. The molecule has 0 spiro atoms. The van der Waals surface area contributed by atoms with E-state index in [0.717, 1.165) is 0 Å². The average molecular weight is 185 g/mol. The van der Waals surface area contributed by atoms with E-state index < -0.39 is 6.61 Å². The number of hydrogen-bond acceptors (Lipinski definition) is 3. The highest BCUT2D eigenvalue weighted by molar-refractivity contribution is 5.77. The van der Waals surface area contributed by atoms with Crippen LogP contribution in [-0.4, -0.2) is 60.9 Å². The van der Waals surface area contributed by atoms with Crippen LogP contribution in [0, 0.1) is 0 Å². The number of carbonyl (C=O) groups is 1. The average Bonchev–Trinajstić information content (AvgIpc) is 2.16. The largest absolute Gasteiger partial charge is 0.387 e. The van der Waals surface area contributed by atoms with Gasteiger partial charge in [-0.15, -0.1) is 0 Å². The van der Waals surface area contributed by atoms with Gasteiger partial charge in [0.2, 0.25) is 5.91 Å². The van der Waals surface area contributed by atoms with Crippen molar-refractivity contribution >= 4 is 5.91 Å². The number of aliphatic hydroxyl groups is 1. The predicted octanol–water partition coefficient (Wildman–Crippen LogP) is -1.81. The summed E-state index contributed by atoms with van der Waals surface area (Å²) < 4.78 is 5.58. The molecular weight excluding hydrogens is 172 g/mol. The van der Waals surface area contributed by atoms with Crippen LogP contribution in [0.3, 0.4) is 0 Å². The number of nitrogens with zero attached hydrogens (tertiary/aromatic N) is 2. The second kappa shape index (κ2) is 3.61. The number of morpholine rings is 2. The highest BCUT2D eigenvalue weighted by Gasteiger charge is 2.33. The van der Waals surface area contributed by atoms with E-state index in [1.807, 2.05) is 0 Å². The Morgan fingerprint density at radius 2 is 2.08 bits per heavy atom. The second-order valence-corrected chi connectivity index (χ2v) is 3.43. The standard InChI is InChI=1S/C8H13N2O3/c11-5-8(12)10-3-6-1-9-2-7(4-10)13-6/h6-7,11H,1-5H2. The molecule has 1 radical (unpaired) electrons. The van der Waals surface area contributed by atoms with Gasteiger partial charge in [0, 0.05) is 26.2 Å². The molecule has 73 valence electrons. The summed E-state index contributed by atoms with van der Waals surface area (Å²) in [5, 5.41) is 13.0. The van der Waals surface area contributed by atoms with Crippen LogP contribution in [0.15, 0.2) is 0 Å². The molecule has 0 aromatic carbocycles. The molecule has 2 aliphatic heterocycles. The molecule has 2 fully saturated rings. The molecule has 1 N–H and O–H groups in total. The van der Waals surface area contributed by atoms with E-state index >= 15 is 0 Å². The maximum absolute atomic E-state index is 11.2. The van der Waals surface area contributed by atoms with E-state index in [1.54, 1.807) is 4.90 Å². The van der Waals surface area contributed by atoms with Crippen LogP contribution >= 0.6 is 0 Å². The van der Waals surface area contributed by atoms with Gasteiger partial charge >= 0.3 is 0 Å². The molecule has 2 atom stereocenters. The Bertz CT molecular complexity index is 198. The summed E-state index contributed by atoms with van der Waals surface area (Å²) in [6, 6.07) is 0. The van der Waals surface area contributed by atoms with Gasteiger partial charge in [-0.25, -0.2) is 5.32 Å². The molecule has 2 rings (SSSR count). The zero-order chi connectivity index (χ0) is 9.26. The maximum Gasteiger partial charge on any atom is 0.248 e. The lowest BCUT2D eigenvalue weighted by atomic mass is 10.1. The second-order valence-electron chi connectivity index (χ2n) is 3.43. The number of fused-ring (bicyclic) bond motifs is 2. The summed E-state index contributed by atoms with van der Waals surface area (Å²) in [5.41, 5.74) is 0. The van der Waals surface area contributed by atoms with Crippen molar-refractivity contribution in [1.29, 1.82) is 0 Å². The molecule has 13 heavy (non-hydrogen) atoms. The summed E-state index contributed by atoms with van der Waals surface area (Å²) in [5.74, 6) is -0.208. The Kier molecular flexibility index (Phi) is 2.48. The SMILES string of the molecule is O=C(CO)N1CC2C[N]CC(C1)O2. The summed E-state index contributed by atoms with van der Waals surface area (Å²) in [7, 11) is 0. The lowest BCUT2D eigenvalue weighted by Crippen LogP contribution is -2.58. The van der Waals surface area contributed by atoms with Crippen molar-refractivity contribution in [3.8, 4) is 0 Å². The monoisotopic (exact) mass is 185 g/mol. The van der Waals surface area contributed by atoms with Crippen molar-refractivity contribution < 1.29 is 14.6 Å². The van der Waals surface area contributed by atoms with Gasteiger partial charge < -0.3 is 14.7 Å². The van der Waals surface area contributed by atoms with Gasteiger partial charge in [0.1, 0.15) is 6.61 Å². The minimum absolute atomic E-state index is 0.0444. The smallest absolute Gasteiger partial charge is 0.248 e. The minimum atomic E-state index is -0.406. The van der Waals surface area contributed by atoms with Crippen LogP contribution in [0.2, 0.25) is 0 Å². The van der Waals surface area contributed by atoms with E-state index in [1.165, 1.54) is 0 Å². The zero-order valence-corrected chi connectivity index (χ0v) is 7.35. The Morgan fingerprint density at radius 1 is 1.46 bits per heavy atom. The van der Waals surface area contributed by atoms with Crippen LogP contribution < -0.4 is 5.32 Å². The normalized spacial score (nSPS) is 33.2. The van der Waals surface area contributed by atoms with Crippen LogP contribution in [0.4, 0.5) is 0 Å². The zero-order valence-electron chi connectivity index (χ0n) is 7.35. The van der Waals surface area contributed by atoms with Gasteiger partial charge in [-0.1, -0.05) is 0 Å². The van der Waals surface area contributed by atoms with Gasteiger partial charge in [-0.05, 0) is 0 Å². The Labute approximate surface area is 76.7 Å². The number of aliphatic hydroxyl groups excluding tert-OH is 1. The van der Waals surface area contributed by atoms with E-state index in [9.17, 15) is 4.79 Å². The van der Waals surface area contributed by atoms with Crippen LogP contribution in [0.25, 0.3) is 0 Å². The third kappa shape index (κ3) is 1.82. The molecule has 2 heterocycles. The molecule has 5 nitrogen and oxygen atoms in total. The number of rotatable bonds is 1. The quantitative estimate of drug-likeness (QED) is 0.524. The minimum Gasteiger partial charge on any atom is -0.387 e. The maximum atomic E-state index is 11.2. The van der Waals surface area contributed by atoms with Gasteiger partial charge in [-0.3, -0.25) is 4.79 Å². The molecular formula is C8H13N2O3. The number of ether oxygens (including phenoxy) is 1. The first-order valence-corrected chi connectivity index (χ1v) is 4.47. The molecule has 2 unspecified atom stereocenters. The van der Waals surface area contributed by atoms with Crippen LogP contribution in [0.1, 0.15) is 0 Å². The van der Waals surface area contributed by atoms with Crippen molar-refractivity contribution in [2.45, 2.75) is 12.2 Å². The van der Waals surface area contributed by atoms with E-state index in [2.05, 4.69) is 5.32 Å². The topological polar surface area (TPSA) is 63.9 Å². The lowest BCUT2D eigenvalue weighted by molar-refractivity contribution is -0.152. The molecule has 2 saturated heterocycles. The Hall–Kier alpha value is -0.650. The molecule has 5 heteroatoms. The van der Waals surface area contributed by atoms with Crippen LogP contribution in [0.5, 0.6) is 0 Å². The highest BCUT2D eigenvalue weighted by atomic mass is 16.5. The highest BCUT2D eigenvalue weighted by Crippen LogP contribution is 2.14. The third-order valence-corrected chi connectivity index (χ3v) is 2.39. The van der Waals surface area contributed by atoms with Crippen molar-refractivity contribution in [3.63, 3.8) is 0 Å². The number of carbonyl (C=O) groups excluding carboxylic acids is 1. The predicted molar refractivity (Wildman–Crippen MR) is 44.2 cm³/mol. The molecule has 1 amide bonds. The summed E-state index contributed by atoms with van der Waals surface area (Å²) >= 11 is 0. The van der Waals surface area contributed by atoms with Gasteiger partial charge in [0.25, 0.3) is 0 Å². The fourth-order valence-electron chi connectivity index (χ4n) is 1.79. The van der Waals surface area contributed by atoms with Crippen molar-refractivity contribution in [1.82, 2.24) is 10.2 Å². The molecule has 0 aromatic heterocycles. The van der Waals surface area contributed by atoms with E-state index in [4.69, 9.17) is 9.84 Å². The summed E-state index contributed by atoms with van der Waals surface area (Å²) in [6.07, 6.45) is 0.0889. The van der Waals surface area contributed by atoms with Crippen molar-refractivity contribution in [2.75, 3.05) is 32.8 Å². The molecule has 2 aliphatic rings. The first kappa shape index (κ1) is 8.93. The summed E-state index contributed by atoms with van der Waals surface area (Å²) in [4.78, 5) is 12.8. The van der Waals surface area contributed by atoms with Crippen molar-refractivity contribution in [3.05, 3.63) is 0 Å². The fourth-order valence-corrected chi connectivity index (χ4v) is 1.79. The van der Waals surface area contributed by atoms with E-state index in [-0.39, 0.29) is 18.1 Å². The molecule has 0 aromatic rings. The first-order valence-electron chi connectivity index (χ1n) is 4.47.